The van der Waals surface area contributed by atoms with Crippen molar-refractivity contribution in [3.8, 4) is 17.2 Å². The van der Waals surface area contributed by atoms with Gasteiger partial charge in [-0.2, -0.15) is 0 Å². The van der Waals surface area contributed by atoms with Gasteiger partial charge in [0.15, 0.2) is 16.3 Å². The van der Waals surface area contributed by atoms with Gasteiger partial charge in [0.2, 0.25) is 0 Å². The number of hydrogen-bond acceptors (Lipinski definition) is 8. The van der Waals surface area contributed by atoms with Crippen molar-refractivity contribution in [3.05, 3.63) is 116 Å². The first kappa shape index (κ1) is 35.0. The van der Waals surface area contributed by atoms with Crippen LogP contribution in [0.3, 0.4) is 0 Å². The van der Waals surface area contributed by atoms with Crippen LogP contribution in [0.5, 0.6) is 17.2 Å². The van der Waals surface area contributed by atoms with Crippen LogP contribution in [-0.2, 0) is 16.1 Å². The van der Waals surface area contributed by atoms with Crippen LogP contribution < -0.4 is 29.1 Å². The molecule has 5 rings (SSSR count). The zero-order valence-electron chi connectivity index (χ0n) is 26.0. The monoisotopic (exact) mass is 778 g/mol. The number of esters is 1. The Hall–Kier alpha value is -3.28. The van der Waals surface area contributed by atoms with Crippen LogP contribution in [0.4, 0.5) is 0 Å². The summed E-state index contributed by atoms with van der Waals surface area (Å²) in [4.78, 5) is 32.7. The van der Waals surface area contributed by atoms with E-state index in [0.717, 1.165) is 5.56 Å². The van der Waals surface area contributed by atoms with E-state index in [0.29, 0.717) is 62.9 Å². The van der Waals surface area contributed by atoms with E-state index in [9.17, 15) is 9.59 Å². The van der Waals surface area contributed by atoms with Crippen molar-refractivity contribution in [1.29, 1.82) is 0 Å². The molecule has 0 fully saturated rings. The topological polar surface area (TPSA) is 88.4 Å². The van der Waals surface area contributed by atoms with Gasteiger partial charge in [0, 0.05) is 10.6 Å². The maximum Gasteiger partial charge on any atom is 0.338 e. The van der Waals surface area contributed by atoms with E-state index in [1.165, 1.54) is 23.0 Å². The highest BCUT2D eigenvalue weighted by Gasteiger charge is 2.34. The van der Waals surface area contributed by atoms with Gasteiger partial charge < -0.3 is 18.9 Å². The number of halogens is 4. The number of rotatable bonds is 10. The van der Waals surface area contributed by atoms with Crippen LogP contribution in [0, 0.1) is 0 Å². The fourth-order valence-electron chi connectivity index (χ4n) is 5.08. The minimum absolute atomic E-state index is 0.0888. The Morgan fingerprint density at radius 2 is 1.85 bits per heavy atom. The molecule has 1 aromatic heterocycles. The number of hydrogen-bond donors (Lipinski definition) is 0. The van der Waals surface area contributed by atoms with Crippen LogP contribution in [0.1, 0.15) is 50.4 Å². The maximum atomic E-state index is 14.3. The highest BCUT2D eigenvalue weighted by atomic mass is 79.9. The number of methoxy groups -OCH3 is 1. The quantitative estimate of drug-likeness (QED) is 0.152. The molecule has 0 saturated carbocycles. The van der Waals surface area contributed by atoms with E-state index in [4.69, 9.17) is 53.8 Å². The van der Waals surface area contributed by atoms with E-state index in [1.54, 1.807) is 56.3 Å². The zero-order valence-corrected chi connectivity index (χ0v) is 30.7. The molecule has 3 aromatic carbocycles. The molecule has 0 spiro atoms. The third kappa shape index (κ3) is 7.57. The summed E-state index contributed by atoms with van der Waals surface area (Å²) in [6.07, 6.45) is 1.61. The number of ether oxygens (including phenoxy) is 4. The van der Waals surface area contributed by atoms with Crippen LogP contribution in [0.25, 0.3) is 6.08 Å². The molecule has 4 aromatic rings. The lowest BCUT2D eigenvalue weighted by atomic mass is 9.95. The molecule has 1 atom stereocenters. The van der Waals surface area contributed by atoms with Crippen molar-refractivity contribution in [1.82, 2.24) is 4.57 Å². The Kier molecular flexibility index (Phi) is 11.1. The summed E-state index contributed by atoms with van der Waals surface area (Å²) in [5.41, 5.74) is 2.32. The molecule has 2 heterocycles. The first-order valence-corrected chi connectivity index (χ1v) is 17.3. The van der Waals surface area contributed by atoms with E-state index < -0.39 is 12.0 Å². The van der Waals surface area contributed by atoms with Gasteiger partial charge in [-0.15, -0.1) is 0 Å². The molecule has 8 nitrogen and oxygen atoms in total. The highest BCUT2D eigenvalue weighted by Crippen LogP contribution is 2.37. The lowest BCUT2D eigenvalue weighted by Gasteiger charge is -2.25. The van der Waals surface area contributed by atoms with Crippen molar-refractivity contribution in [3.63, 3.8) is 0 Å². The zero-order chi connectivity index (χ0) is 34.0. The molecule has 0 radical (unpaired) electrons. The van der Waals surface area contributed by atoms with Gasteiger partial charge in [0.05, 0.1) is 56.2 Å². The minimum Gasteiger partial charge on any atom is -0.493 e. The molecule has 246 valence electrons. The Morgan fingerprint density at radius 3 is 2.53 bits per heavy atom. The number of fused-ring (bicyclic) bond motifs is 1. The molecule has 0 aliphatic carbocycles. The van der Waals surface area contributed by atoms with Crippen molar-refractivity contribution in [2.45, 2.75) is 46.4 Å². The van der Waals surface area contributed by atoms with Gasteiger partial charge in [-0.1, -0.05) is 58.3 Å². The van der Waals surface area contributed by atoms with Gasteiger partial charge in [-0.3, -0.25) is 9.36 Å². The summed E-state index contributed by atoms with van der Waals surface area (Å²) >= 11 is 23.5. The normalized spacial score (nSPS) is 14.6. The number of aromatic nitrogens is 1. The number of nitrogens with zero attached hydrogens (tertiary/aromatic N) is 2. The van der Waals surface area contributed by atoms with E-state index in [-0.39, 0.29) is 30.5 Å². The lowest BCUT2D eigenvalue weighted by Crippen LogP contribution is -2.40. The lowest BCUT2D eigenvalue weighted by molar-refractivity contribution is -0.139. The second-order valence-electron chi connectivity index (χ2n) is 10.7. The molecule has 0 N–H and O–H groups in total. The Morgan fingerprint density at radius 1 is 1.09 bits per heavy atom. The predicted octanol–water partition coefficient (Wildman–Crippen LogP) is 7.90. The number of allylic oxidation sites excluding steroid dienone is 1. The maximum absolute atomic E-state index is 14.3. The number of carbonyl (C=O) groups is 1. The molecule has 0 saturated heterocycles. The average molecular weight is 781 g/mol. The fraction of sp³-hybridized carbons (Fsp3) is 0.265. The van der Waals surface area contributed by atoms with Gasteiger partial charge in [0.1, 0.15) is 12.4 Å². The van der Waals surface area contributed by atoms with Crippen molar-refractivity contribution in [2.75, 3.05) is 13.7 Å². The van der Waals surface area contributed by atoms with Crippen molar-refractivity contribution < 1.29 is 23.7 Å². The molecule has 1 aliphatic rings. The van der Waals surface area contributed by atoms with Crippen LogP contribution in [-0.4, -0.2) is 30.4 Å². The molecule has 47 heavy (non-hydrogen) atoms. The minimum atomic E-state index is -0.842. The predicted molar refractivity (Wildman–Crippen MR) is 189 cm³/mol. The summed E-state index contributed by atoms with van der Waals surface area (Å²) in [5.74, 6) is 0.906. The number of thiazole rings is 1. The fourth-order valence-corrected chi connectivity index (χ4v) is 7.39. The molecule has 13 heteroatoms. The van der Waals surface area contributed by atoms with Crippen molar-refractivity contribution in [2.24, 2.45) is 4.99 Å². The standard InChI is InChI=1S/C34H30BrCl3N2O6S/c1-6-44-33(42)29-18(4)39-34-40(30(29)20-8-10-26(46-17(2)3)27(13-20)43-5)32(41)28(47-34)14-21-12-22(36)15-23(35)31(21)45-16-19-7-9-24(37)25(38)11-19/h7-15,17,30H,6,16H2,1-5H3/b28-14+/t30-/m1/s1. The van der Waals surface area contributed by atoms with Gasteiger partial charge in [-0.05, 0) is 97.2 Å². The van der Waals surface area contributed by atoms with Gasteiger partial charge in [0.25, 0.3) is 5.56 Å². The average Bonchev–Trinajstić information content (AvgIpc) is 3.31. The summed E-state index contributed by atoms with van der Waals surface area (Å²) in [6.45, 7) is 7.62. The SMILES string of the molecule is CCOC(=O)C1=C(C)N=c2s/c(=C/c3cc(Cl)cc(Br)c3OCc3ccc(Cl)c(Cl)c3)c(=O)n2[C@@H]1c1ccc(OC(C)C)c(OC)c1. The molecule has 0 bridgehead atoms. The Balaban J connectivity index is 1.65. The van der Waals surface area contributed by atoms with Crippen molar-refractivity contribution >= 4 is 74.1 Å². The number of benzene rings is 3. The summed E-state index contributed by atoms with van der Waals surface area (Å²) in [6, 6.07) is 13.2. The Bertz CT molecular complexity index is 2070. The van der Waals surface area contributed by atoms with Gasteiger partial charge in [-0.25, -0.2) is 9.79 Å². The van der Waals surface area contributed by atoms with Crippen LogP contribution in [0.2, 0.25) is 15.1 Å². The first-order chi connectivity index (χ1) is 22.4. The molecular formula is C34H30BrCl3N2O6S. The van der Waals surface area contributed by atoms with E-state index >= 15 is 0 Å². The molecular weight excluding hydrogens is 751 g/mol. The second-order valence-corrected chi connectivity index (χ2v) is 13.8. The van der Waals surface area contributed by atoms with Crippen LogP contribution >= 0.6 is 62.1 Å². The summed E-state index contributed by atoms with van der Waals surface area (Å²) in [7, 11) is 1.54. The molecule has 1 aliphatic heterocycles. The highest BCUT2D eigenvalue weighted by molar-refractivity contribution is 9.10. The summed E-state index contributed by atoms with van der Waals surface area (Å²) in [5, 5.41) is 1.29. The Labute approximate surface area is 298 Å². The smallest absolute Gasteiger partial charge is 0.338 e. The van der Waals surface area contributed by atoms with Gasteiger partial charge >= 0.3 is 5.97 Å². The molecule has 0 amide bonds. The number of carbonyl (C=O) groups excluding carboxylic acids is 1. The molecule has 0 unspecified atom stereocenters. The van der Waals surface area contributed by atoms with E-state index in [1.807, 2.05) is 26.0 Å². The second kappa shape index (κ2) is 14.9. The van der Waals surface area contributed by atoms with E-state index in [2.05, 4.69) is 20.9 Å². The first-order valence-electron chi connectivity index (χ1n) is 14.5. The van der Waals surface area contributed by atoms with Crippen LogP contribution in [0.15, 0.2) is 74.1 Å². The largest absolute Gasteiger partial charge is 0.493 e. The third-order valence-electron chi connectivity index (χ3n) is 7.07. The summed E-state index contributed by atoms with van der Waals surface area (Å²) < 4.78 is 25.6. The third-order valence-corrected chi connectivity index (χ3v) is 9.60.